The maximum atomic E-state index is 12.5. The zero-order chi connectivity index (χ0) is 29.5. The standard InChI is InChI=1S/C25H23F3N4O7S/c1-24(2,8-10-40-21-16(5-4-9-30-21)22(35)39-23(36)25(26,27)28)32-20(34)19(33)31-14-6-7-15(17(11-14)37-3)18-12-29-13-38-18/h4-7,9,11-13H,8,10H2,1-3H3,(H,31,33)(H,32,34). The van der Waals surface area contributed by atoms with E-state index < -0.39 is 35.5 Å². The second-order valence-electron chi connectivity index (χ2n) is 8.70. The number of anilines is 1. The molecule has 1 aromatic carbocycles. The molecular weight excluding hydrogens is 557 g/mol. The number of alkyl halides is 3. The summed E-state index contributed by atoms with van der Waals surface area (Å²) < 4.78 is 51.7. The highest BCUT2D eigenvalue weighted by molar-refractivity contribution is 7.99. The lowest BCUT2D eigenvalue weighted by molar-refractivity contribution is -0.193. The van der Waals surface area contributed by atoms with Gasteiger partial charge in [-0.3, -0.25) is 9.59 Å². The van der Waals surface area contributed by atoms with Crippen molar-refractivity contribution in [1.82, 2.24) is 15.3 Å². The Bertz CT molecular complexity index is 1400. The molecule has 2 heterocycles. The Morgan fingerprint density at radius 3 is 2.50 bits per heavy atom. The fourth-order valence-corrected chi connectivity index (χ4v) is 4.44. The monoisotopic (exact) mass is 580 g/mol. The van der Waals surface area contributed by atoms with Crippen LogP contribution in [0.15, 0.2) is 58.6 Å². The largest absolute Gasteiger partial charge is 0.496 e. The molecule has 0 aliphatic carbocycles. The number of carbonyl (C=O) groups is 4. The molecule has 0 spiro atoms. The van der Waals surface area contributed by atoms with Crippen LogP contribution in [0.5, 0.6) is 5.75 Å². The number of amides is 2. The van der Waals surface area contributed by atoms with E-state index >= 15 is 0 Å². The Morgan fingerprint density at radius 1 is 1.10 bits per heavy atom. The number of rotatable bonds is 9. The summed E-state index contributed by atoms with van der Waals surface area (Å²) in [5.41, 5.74) is -0.336. The minimum atomic E-state index is -5.33. The first kappa shape index (κ1) is 30.1. The first-order chi connectivity index (χ1) is 18.8. The SMILES string of the molecule is COc1cc(NC(=O)C(=O)NC(C)(C)CCSc2ncccc2C(=O)OC(=O)C(F)(F)F)ccc1-c1cnco1. The van der Waals surface area contributed by atoms with E-state index in [1.54, 1.807) is 26.0 Å². The zero-order valence-electron chi connectivity index (χ0n) is 21.3. The van der Waals surface area contributed by atoms with Crippen LogP contribution in [0, 0.1) is 0 Å². The number of carbonyl (C=O) groups excluding carboxylic acids is 4. The lowest BCUT2D eigenvalue weighted by Crippen LogP contribution is -2.48. The van der Waals surface area contributed by atoms with Gasteiger partial charge in [0.2, 0.25) is 0 Å². The quantitative estimate of drug-likeness (QED) is 0.165. The number of benzene rings is 1. The summed E-state index contributed by atoms with van der Waals surface area (Å²) in [7, 11) is 1.44. The van der Waals surface area contributed by atoms with Crippen molar-refractivity contribution < 1.29 is 46.2 Å². The number of pyridine rings is 1. The number of hydrogen-bond donors (Lipinski definition) is 2. The van der Waals surface area contributed by atoms with Crippen LogP contribution in [0.2, 0.25) is 0 Å². The molecule has 15 heteroatoms. The normalized spacial score (nSPS) is 11.4. The Kier molecular flexibility index (Phi) is 9.52. The second-order valence-corrected chi connectivity index (χ2v) is 9.79. The van der Waals surface area contributed by atoms with Gasteiger partial charge in [-0.25, -0.2) is 19.6 Å². The maximum absolute atomic E-state index is 12.5. The van der Waals surface area contributed by atoms with Crippen molar-refractivity contribution in [1.29, 1.82) is 0 Å². The second kappa shape index (κ2) is 12.6. The number of oxazole rings is 1. The van der Waals surface area contributed by atoms with E-state index in [2.05, 4.69) is 25.3 Å². The molecule has 0 aliphatic rings. The summed E-state index contributed by atoms with van der Waals surface area (Å²) >= 11 is 0.997. The fourth-order valence-electron chi connectivity index (χ4n) is 3.20. The number of esters is 2. The maximum Gasteiger partial charge on any atom is 0.491 e. The molecule has 2 aromatic heterocycles. The highest BCUT2D eigenvalue weighted by atomic mass is 32.2. The average Bonchev–Trinajstić information content (AvgIpc) is 3.42. The minimum Gasteiger partial charge on any atom is -0.496 e. The van der Waals surface area contributed by atoms with E-state index in [9.17, 15) is 32.3 Å². The lowest BCUT2D eigenvalue weighted by atomic mass is 10.0. The van der Waals surface area contributed by atoms with Gasteiger partial charge < -0.3 is 24.5 Å². The van der Waals surface area contributed by atoms with Crippen molar-refractivity contribution in [3.8, 4) is 17.1 Å². The van der Waals surface area contributed by atoms with E-state index in [0.717, 1.165) is 11.8 Å². The molecule has 0 bridgehead atoms. The summed E-state index contributed by atoms with van der Waals surface area (Å²) in [6.45, 7) is 3.31. The van der Waals surface area contributed by atoms with Gasteiger partial charge in [0.15, 0.2) is 12.2 Å². The van der Waals surface area contributed by atoms with Gasteiger partial charge in [0.25, 0.3) is 0 Å². The van der Waals surface area contributed by atoms with E-state index in [1.165, 1.54) is 44.1 Å². The number of nitrogens with zero attached hydrogens (tertiary/aromatic N) is 2. The van der Waals surface area contributed by atoms with Gasteiger partial charge in [-0.05, 0) is 44.5 Å². The molecule has 11 nitrogen and oxygen atoms in total. The van der Waals surface area contributed by atoms with Gasteiger partial charge in [-0.2, -0.15) is 13.2 Å². The molecule has 0 atom stereocenters. The number of ether oxygens (including phenoxy) is 2. The fraction of sp³-hybridized carbons (Fsp3) is 0.280. The van der Waals surface area contributed by atoms with Crippen molar-refractivity contribution in [3.63, 3.8) is 0 Å². The van der Waals surface area contributed by atoms with Crippen LogP contribution < -0.4 is 15.4 Å². The van der Waals surface area contributed by atoms with Gasteiger partial charge in [0.1, 0.15) is 10.8 Å². The number of nitrogens with one attached hydrogen (secondary N) is 2. The summed E-state index contributed by atoms with van der Waals surface area (Å²) in [5, 5.41) is 5.13. The molecule has 0 fully saturated rings. The zero-order valence-corrected chi connectivity index (χ0v) is 22.1. The van der Waals surface area contributed by atoms with Crippen LogP contribution >= 0.6 is 11.8 Å². The molecule has 0 saturated carbocycles. The molecule has 0 radical (unpaired) electrons. The number of halogens is 3. The third kappa shape index (κ3) is 8.05. The Labute approximate surface area is 229 Å². The van der Waals surface area contributed by atoms with Crippen LogP contribution in [0.25, 0.3) is 11.3 Å². The molecule has 0 saturated heterocycles. The first-order valence-corrected chi connectivity index (χ1v) is 12.4. The summed E-state index contributed by atoms with van der Waals surface area (Å²) in [5.74, 6) is -4.90. The Morgan fingerprint density at radius 2 is 1.85 bits per heavy atom. The first-order valence-electron chi connectivity index (χ1n) is 11.4. The summed E-state index contributed by atoms with van der Waals surface area (Å²) in [4.78, 5) is 55.9. The smallest absolute Gasteiger partial charge is 0.491 e. The van der Waals surface area contributed by atoms with Gasteiger partial charge in [0.05, 0.1) is 24.4 Å². The third-order valence-electron chi connectivity index (χ3n) is 5.19. The molecule has 0 unspecified atom stereocenters. The lowest BCUT2D eigenvalue weighted by Gasteiger charge is -2.25. The van der Waals surface area contributed by atoms with Crippen LogP contribution in [0.1, 0.15) is 30.6 Å². The highest BCUT2D eigenvalue weighted by Gasteiger charge is 2.43. The molecule has 0 aliphatic heterocycles. The summed E-state index contributed by atoms with van der Waals surface area (Å²) in [6.07, 6.45) is -0.983. The predicted molar refractivity (Wildman–Crippen MR) is 135 cm³/mol. The topological polar surface area (TPSA) is 150 Å². The number of hydrogen-bond acceptors (Lipinski definition) is 10. The molecule has 3 aromatic rings. The van der Waals surface area contributed by atoms with Crippen molar-refractivity contribution in [2.75, 3.05) is 18.2 Å². The van der Waals surface area contributed by atoms with Gasteiger partial charge in [-0.15, -0.1) is 11.8 Å². The number of thioether (sulfide) groups is 1. The van der Waals surface area contributed by atoms with E-state index in [4.69, 9.17) is 9.15 Å². The minimum absolute atomic E-state index is 0.0325. The van der Waals surface area contributed by atoms with Gasteiger partial charge >= 0.3 is 29.9 Å². The van der Waals surface area contributed by atoms with E-state index in [1.807, 2.05) is 0 Å². The molecule has 40 heavy (non-hydrogen) atoms. The van der Waals surface area contributed by atoms with Crippen molar-refractivity contribution in [2.24, 2.45) is 0 Å². The summed E-state index contributed by atoms with van der Waals surface area (Å²) in [6, 6.07) is 7.19. The molecule has 212 valence electrons. The van der Waals surface area contributed by atoms with Crippen LogP contribution in [-0.4, -0.2) is 58.3 Å². The molecule has 3 rings (SSSR count). The van der Waals surface area contributed by atoms with Crippen molar-refractivity contribution in [2.45, 2.75) is 37.0 Å². The third-order valence-corrected chi connectivity index (χ3v) is 6.20. The Hall–Kier alpha value is -4.40. The van der Waals surface area contributed by atoms with Crippen LogP contribution in [-0.2, 0) is 19.1 Å². The molecular formula is C25H23F3N4O7S. The van der Waals surface area contributed by atoms with Gasteiger partial charge in [-0.1, -0.05) is 0 Å². The number of aromatic nitrogens is 2. The number of methoxy groups -OCH3 is 1. The van der Waals surface area contributed by atoms with Crippen molar-refractivity contribution >= 4 is 41.2 Å². The average molecular weight is 581 g/mol. The van der Waals surface area contributed by atoms with E-state index in [0.29, 0.717) is 22.8 Å². The highest BCUT2D eigenvalue weighted by Crippen LogP contribution is 2.32. The van der Waals surface area contributed by atoms with Crippen molar-refractivity contribution in [3.05, 3.63) is 54.7 Å². The molecule has 2 N–H and O–H groups in total. The van der Waals surface area contributed by atoms with E-state index in [-0.39, 0.29) is 22.8 Å². The van der Waals surface area contributed by atoms with Crippen LogP contribution in [0.4, 0.5) is 18.9 Å². The Balaban J connectivity index is 1.56. The van der Waals surface area contributed by atoms with Crippen LogP contribution in [0.3, 0.4) is 0 Å². The predicted octanol–water partition coefficient (Wildman–Crippen LogP) is 4.01. The molecule has 2 amide bonds. The van der Waals surface area contributed by atoms with Gasteiger partial charge in [0, 0.05) is 29.2 Å².